The molecule has 0 bridgehead atoms. The van der Waals surface area contributed by atoms with Crippen LogP contribution in [0.5, 0.6) is 0 Å². The van der Waals surface area contributed by atoms with Crippen molar-refractivity contribution >= 4 is 54.3 Å². The minimum atomic E-state index is -0.403. The number of amides is 2. The summed E-state index contributed by atoms with van der Waals surface area (Å²) in [4.78, 5) is 35.0. The van der Waals surface area contributed by atoms with Crippen LogP contribution in [0.3, 0.4) is 0 Å². The fraction of sp³-hybridized carbons (Fsp3) is 0.368. The standard InChI is InChI=1S/C19H20BrN5O2S/c1-10-3-6-14-23-17-15(18(26)25(14)8-7-10)11(2)16(28-17)24-19(27)22-13-5-4-12(20)9-21-13/h4-5,9-10H,3,6-8H2,1-2H3,(H2,21,22,24,27)/t10-/m1/s1. The van der Waals surface area contributed by atoms with Gasteiger partial charge >= 0.3 is 6.03 Å². The molecular formula is C19H20BrN5O2S. The number of aryl methyl sites for hydroxylation is 2. The molecule has 9 heteroatoms. The Morgan fingerprint density at radius 3 is 2.89 bits per heavy atom. The first-order valence-electron chi connectivity index (χ1n) is 9.14. The minimum Gasteiger partial charge on any atom is -0.299 e. The van der Waals surface area contributed by atoms with E-state index in [2.05, 4.69) is 38.5 Å². The van der Waals surface area contributed by atoms with Crippen LogP contribution in [0.1, 0.15) is 31.2 Å². The molecule has 7 nitrogen and oxygen atoms in total. The first-order chi connectivity index (χ1) is 13.4. The number of anilines is 2. The summed E-state index contributed by atoms with van der Waals surface area (Å²) in [6.07, 6.45) is 4.44. The molecule has 146 valence electrons. The molecule has 2 amide bonds. The van der Waals surface area contributed by atoms with Gasteiger partial charge in [0.1, 0.15) is 21.5 Å². The van der Waals surface area contributed by atoms with Gasteiger partial charge in [-0.2, -0.15) is 0 Å². The predicted molar refractivity (Wildman–Crippen MR) is 115 cm³/mol. The Hall–Kier alpha value is -2.26. The highest BCUT2D eigenvalue weighted by molar-refractivity contribution is 9.10. The Labute approximate surface area is 174 Å². The van der Waals surface area contributed by atoms with Crippen molar-refractivity contribution in [1.82, 2.24) is 14.5 Å². The van der Waals surface area contributed by atoms with E-state index in [0.29, 0.717) is 33.5 Å². The lowest BCUT2D eigenvalue weighted by Gasteiger charge is -2.08. The van der Waals surface area contributed by atoms with Gasteiger partial charge in [-0.25, -0.2) is 14.8 Å². The molecule has 0 saturated carbocycles. The molecule has 3 aromatic heterocycles. The second-order valence-electron chi connectivity index (χ2n) is 7.09. The number of carbonyl (C=O) groups excluding carboxylic acids is 1. The van der Waals surface area contributed by atoms with Gasteiger partial charge in [0.15, 0.2) is 0 Å². The molecule has 3 aromatic rings. The molecule has 0 saturated heterocycles. The third kappa shape index (κ3) is 3.68. The Balaban J connectivity index is 1.63. The molecule has 2 N–H and O–H groups in total. The van der Waals surface area contributed by atoms with Crippen molar-refractivity contribution in [3.63, 3.8) is 0 Å². The summed E-state index contributed by atoms with van der Waals surface area (Å²) in [5, 5.41) is 6.75. The van der Waals surface area contributed by atoms with E-state index in [1.165, 1.54) is 11.3 Å². The lowest BCUT2D eigenvalue weighted by molar-refractivity contribution is 0.262. The van der Waals surface area contributed by atoms with Crippen LogP contribution in [0.15, 0.2) is 27.6 Å². The maximum Gasteiger partial charge on any atom is 0.325 e. The summed E-state index contributed by atoms with van der Waals surface area (Å²) < 4.78 is 2.64. The van der Waals surface area contributed by atoms with Gasteiger partial charge in [0.2, 0.25) is 0 Å². The highest BCUT2D eigenvalue weighted by atomic mass is 79.9. The number of thiophene rings is 1. The Morgan fingerprint density at radius 2 is 2.14 bits per heavy atom. The number of nitrogens with one attached hydrogen (secondary N) is 2. The van der Waals surface area contributed by atoms with Crippen molar-refractivity contribution < 1.29 is 4.79 Å². The number of hydrogen-bond acceptors (Lipinski definition) is 5. The Kier molecular flexibility index (Phi) is 5.20. The zero-order valence-electron chi connectivity index (χ0n) is 15.6. The van der Waals surface area contributed by atoms with E-state index < -0.39 is 6.03 Å². The van der Waals surface area contributed by atoms with Crippen LogP contribution in [-0.4, -0.2) is 20.6 Å². The first-order valence-corrected chi connectivity index (χ1v) is 10.8. The third-order valence-electron chi connectivity index (χ3n) is 5.03. The summed E-state index contributed by atoms with van der Waals surface area (Å²) in [6.45, 7) is 4.76. The summed E-state index contributed by atoms with van der Waals surface area (Å²) in [5.41, 5.74) is 0.745. The maximum absolute atomic E-state index is 13.1. The summed E-state index contributed by atoms with van der Waals surface area (Å²) in [6, 6.07) is 3.10. The molecule has 1 atom stereocenters. The lowest BCUT2D eigenvalue weighted by Crippen LogP contribution is -2.24. The zero-order chi connectivity index (χ0) is 19.8. The highest BCUT2D eigenvalue weighted by Crippen LogP contribution is 2.33. The average molecular weight is 462 g/mol. The van der Waals surface area contributed by atoms with Gasteiger partial charge in [-0.15, -0.1) is 0 Å². The average Bonchev–Trinajstić information content (AvgIpc) is 2.83. The van der Waals surface area contributed by atoms with E-state index in [9.17, 15) is 9.59 Å². The Morgan fingerprint density at radius 1 is 1.32 bits per heavy atom. The maximum atomic E-state index is 13.1. The smallest absolute Gasteiger partial charge is 0.299 e. The summed E-state index contributed by atoms with van der Waals surface area (Å²) in [7, 11) is 0. The van der Waals surface area contributed by atoms with E-state index in [0.717, 1.165) is 35.1 Å². The van der Waals surface area contributed by atoms with Crippen LogP contribution >= 0.6 is 27.3 Å². The molecule has 0 spiro atoms. The number of urea groups is 1. The number of fused-ring (bicyclic) bond motifs is 2. The van der Waals surface area contributed by atoms with Crippen LogP contribution in [0.2, 0.25) is 0 Å². The van der Waals surface area contributed by atoms with Crippen LogP contribution in [0.4, 0.5) is 15.6 Å². The molecule has 0 fully saturated rings. The van der Waals surface area contributed by atoms with Crippen molar-refractivity contribution in [2.75, 3.05) is 10.6 Å². The molecular weight excluding hydrogens is 442 g/mol. The van der Waals surface area contributed by atoms with E-state index in [4.69, 9.17) is 4.98 Å². The van der Waals surface area contributed by atoms with E-state index in [1.54, 1.807) is 22.9 Å². The van der Waals surface area contributed by atoms with Crippen molar-refractivity contribution in [2.24, 2.45) is 5.92 Å². The van der Waals surface area contributed by atoms with Crippen LogP contribution in [-0.2, 0) is 13.0 Å². The lowest BCUT2D eigenvalue weighted by atomic mass is 10.0. The second-order valence-corrected chi connectivity index (χ2v) is 9.01. The number of nitrogens with zero attached hydrogens (tertiary/aromatic N) is 3. The third-order valence-corrected chi connectivity index (χ3v) is 6.60. The topological polar surface area (TPSA) is 88.9 Å². The summed E-state index contributed by atoms with van der Waals surface area (Å²) >= 11 is 4.65. The normalized spacial score (nSPS) is 16.5. The van der Waals surface area contributed by atoms with Gasteiger partial charge in [0.25, 0.3) is 5.56 Å². The fourth-order valence-electron chi connectivity index (χ4n) is 3.37. The number of hydrogen-bond donors (Lipinski definition) is 2. The number of halogens is 1. The molecule has 0 aromatic carbocycles. The minimum absolute atomic E-state index is 0.00844. The number of aromatic nitrogens is 3. The largest absolute Gasteiger partial charge is 0.325 e. The van der Waals surface area contributed by atoms with Crippen LogP contribution in [0.25, 0.3) is 10.2 Å². The molecule has 4 rings (SSSR count). The SMILES string of the molecule is Cc1c(NC(=O)Nc2ccc(Br)cn2)sc2nc3n(c(=O)c12)CC[C@H](C)CC3. The number of carbonyl (C=O) groups is 1. The number of rotatable bonds is 2. The van der Waals surface area contributed by atoms with Gasteiger partial charge in [-0.1, -0.05) is 18.3 Å². The zero-order valence-corrected chi connectivity index (χ0v) is 18.0. The van der Waals surface area contributed by atoms with E-state index in [1.807, 2.05) is 6.92 Å². The van der Waals surface area contributed by atoms with Crippen molar-refractivity contribution in [3.05, 3.63) is 44.5 Å². The second kappa shape index (κ2) is 7.63. The van der Waals surface area contributed by atoms with Gasteiger partial charge in [0.05, 0.1) is 5.39 Å². The number of pyridine rings is 1. The van der Waals surface area contributed by atoms with Crippen LogP contribution < -0.4 is 16.2 Å². The van der Waals surface area contributed by atoms with E-state index >= 15 is 0 Å². The quantitative estimate of drug-likeness (QED) is 0.585. The molecule has 28 heavy (non-hydrogen) atoms. The fourth-order valence-corrected chi connectivity index (χ4v) is 4.69. The molecule has 0 unspecified atom stereocenters. The highest BCUT2D eigenvalue weighted by Gasteiger charge is 2.21. The molecule has 0 aliphatic carbocycles. The molecule has 1 aliphatic rings. The van der Waals surface area contributed by atoms with E-state index in [-0.39, 0.29) is 5.56 Å². The van der Waals surface area contributed by atoms with Gasteiger partial charge in [-0.05, 0) is 59.3 Å². The molecule has 0 radical (unpaired) electrons. The van der Waals surface area contributed by atoms with Crippen molar-refractivity contribution in [2.45, 2.75) is 39.7 Å². The Bertz CT molecular complexity index is 1110. The first kappa shape index (κ1) is 19.1. The predicted octanol–water partition coefficient (Wildman–Crippen LogP) is 4.54. The molecule has 1 aliphatic heterocycles. The monoisotopic (exact) mass is 461 g/mol. The van der Waals surface area contributed by atoms with Gasteiger partial charge in [-0.3, -0.25) is 20.0 Å². The van der Waals surface area contributed by atoms with Crippen molar-refractivity contribution in [1.29, 1.82) is 0 Å². The van der Waals surface area contributed by atoms with Crippen LogP contribution in [0, 0.1) is 12.8 Å². The van der Waals surface area contributed by atoms with Gasteiger partial charge in [0, 0.05) is 23.6 Å². The van der Waals surface area contributed by atoms with Gasteiger partial charge < -0.3 is 0 Å². The summed E-state index contributed by atoms with van der Waals surface area (Å²) in [5.74, 6) is 1.88. The van der Waals surface area contributed by atoms with Crippen molar-refractivity contribution in [3.8, 4) is 0 Å². The molecule has 4 heterocycles.